The largest absolute Gasteiger partial charge is 0.477 e. The molecule has 0 unspecified atom stereocenters. The molecule has 2 fully saturated rings. The standard InChI is InChI=1S/C17H25N3O5S.3ClH/c1-7-12-11(8(2)21)16(23)20(12)13(17(24)25)14(7)26-9-5-10(18-6-9)15(22)19(3)4;;;/h7-12,18,21H,5-6H2,1-4H3,(H,24,25);3*1H/t7-,8-,9+,10+,11-,12-;;;/m1.../s1. The maximum atomic E-state index is 12.3. The van der Waals surface area contributed by atoms with Gasteiger partial charge in [0.2, 0.25) is 11.8 Å². The SMILES string of the molecule is C[C@@H](O)[C@H]1C(=O)N2C(C(=O)O)=C(S[C@@H]3CN[C@H](C(=O)N(C)C)C3)[C@H](C)[C@H]12.Cl.Cl.Cl. The number of nitrogens with one attached hydrogen (secondary N) is 1. The van der Waals surface area contributed by atoms with Crippen molar-refractivity contribution in [2.24, 2.45) is 11.8 Å². The van der Waals surface area contributed by atoms with Crippen molar-refractivity contribution in [1.29, 1.82) is 0 Å². The van der Waals surface area contributed by atoms with Crippen molar-refractivity contribution >= 4 is 66.8 Å². The van der Waals surface area contributed by atoms with Gasteiger partial charge in [-0.05, 0) is 13.3 Å². The summed E-state index contributed by atoms with van der Waals surface area (Å²) in [7, 11) is 3.42. The predicted octanol–water partition coefficient (Wildman–Crippen LogP) is 0.957. The van der Waals surface area contributed by atoms with Gasteiger partial charge in [0.05, 0.1) is 24.1 Å². The zero-order chi connectivity index (χ0) is 19.3. The van der Waals surface area contributed by atoms with Crippen LogP contribution in [-0.4, -0.2) is 81.9 Å². The summed E-state index contributed by atoms with van der Waals surface area (Å²) >= 11 is 1.45. The number of aliphatic hydroxyl groups excluding tert-OH is 1. The normalized spacial score (nSPS) is 31.0. The number of rotatable bonds is 5. The van der Waals surface area contributed by atoms with E-state index in [0.29, 0.717) is 17.9 Å². The third kappa shape index (κ3) is 4.80. The van der Waals surface area contributed by atoms with Crippen LogP contribution in [0.15, 0.2) is 10.6 Å². The molecule has 0 spiro atoms. The van der Waals surface area contributed by atoms with Crippen LogP contribution in [0.5, 0.6) is 0 Å². The summed E-state index contributed by atoms with van der Waals surface area (Å²) in [5.41, 5.74) is 0.0387. The number of hydrogen-bond donors (Lipinski definition) is 3. The van der Waals surface area contributed by atoms with Gasteiger partial charge in [-0.2, -0.15) is 0 Å². The van der Waals surface area contributed by atoms with Crippen LogP contribution in [0, 0.1) is 11.8 Å². The maximum absolute atomic E-state index is 12.3. The quantitative estimate of drug-likeness (QED) is 0.490. The summed E-state index contributed by atoms with van der Waals surface area (Å²) in [6.07, 6.45) is -0.190. The molecule has 3 aliphatic rings. The van der Waals surface area contributed by atoms with E-state index >= 15 is 0 Å². The van der Waals surface area contributed by atoms with Gasteiger partial charge < -0.3 is 25.3 Å². The molecule has 0 aromatic heterocycles. The summed E-state index contributed by atoms with van der Waals surface area (Å²) in [6, 6.07) is -0.568. The molecule has 0 aromatic rings. The lowest BCUT2D eigenvalue weighted by atomic mass is 9.79. The zero-order valence-corrected chi connectivity index (χ0v) is 19.8. The maximum Gasteiger partial charge on any atom is 0.353 e. The molecule has 2 amide bonds. The van der Waals surface area contributed by atoms with Crippen molar-refractivity contribution in [3.63, 3.8) is 0 Å². The smallest absolute Gasteiger partial charge is 0.353 e. The molecule has 0 aliphatic carbocycles. The third-order valence-electron chi connectivity index (χ3n) is 5.43. The fraction of sp³-hybridized carbons (Fsp3) is 0.706. The van der Waals surface area contributed by atoms with Gasteiger partial charge in [0.25, 0.3) is 0 Å². The molecule has 12 heteroatoms. The monoisotopic (exact) mass is 491 g/mol. The van der Waals surface area contributed by atoms with Gasteiger partial charge in [-0.15, -0.1) is 49.0 Å². The number of aliphatic carboxylic acids is 1. The summed E-state index contributed by atoms with van der Waals surface area (Å²) in [5, 5.41) is 22.8. The first kappa shape index (κ1) is 28.3. The second-order valence-corrected chi connectivity index (χ2v) is 8.78. The number of thioether (sulfide) groups is 1. The molecule has 3 heterocycles. The van der Waals surface area contributed by atoms with E-state index in [0.717, 1.165) is 0 Å². The molecule has 0 radical (unpaired) electrons. The Morgan fingerprint density at radius 1 is 1.28 bits per heavy atom. The molecule has 0 saturated carbocycles. The lowest BCUT2D eigenvalue weighted by Crippen LogP contribution is -2.63. The molecule has 29 heavy (non-hydrogen) atoms. The van der Waals surface area contributed by atoms with Gasteiger partial charge in [-0.1, -0.05) is 6.92 Å². The molecule has 3 rings (SSSR count). The summed E-state index contributed by atoms with van der Waals surface area (Å²) in [4.78, 5) is 39.8. The molecule has 3 N–H and O–H groups in total. The zero-order valence-electron chi connectivity index (χ0n) is 16.5. The summed E-state index contributed by atoms with van der Waals surface area (Å²) in [5.74, 6) is -2.14. The first-order valence-electron chi connectivity index (χ1n) is 8.75. The number of aliphatic hydroxyl groups is 1. The van der Waals surface area contributed by atoms with Gasteiger partial charge in [-0.25, -0.2) is 4.79 Å². The highest BCUT2D eigenvalue weighted by molar-refractivity contribution is 8.03. The van der Waals surface area contributed by atoms with E-state index < -0.39 is 18.0 Å². The van der Waals surface area contributed by atoms with Crippen molar-refractivity contribution in [3.05, 3.63) is 10.6 Å². The molecule has 0 aromatic carbocycles. The van der Waals surface area contributed by atoms with E-state index in [1.165, 1.54) is 16.7 Å². The first-order chi connectivity index (χ1) is 12.1. The van der Waals surface area contributed by atoms with Crippen LogP contribution in [0.3, 0.4) is 0 Å². The number of β-lactam (4-membered cyclic amide) rings is 1. The Morgan fingerprint density at radius 2 is 1.86 bits per heavy atom. The van der Waals surface area contributed by atoms with Gasteiger partial charge in [0.1, 0.15) is 5.70 Å². The molecule has 0 bridgehead atoms. The number of carbonyl (C=O) groups is 3. The van der Waals surface area contributed by atoms with Gasteiger partial charge in [-0.3, -0.25) is 9.59 Å². The number of likely N-dealkylation sites (N-methyl/N-ethyl adjacent to an activating group) is 1. The van der Waals surface area contributed by atoms with E-state index in [1.807, 2.05) is 6.92 Å². The third-order valence-corrected chi connectivity index (χ3v) is 6.95. The van der Waals surface area contributed by atoms with E-state index in [2.05, 4.69) is 5.32 Å². The highest BCUT2D eigenvalue weighted by Crippen LogP contribution is 2.51. The number of nitrogens with zero attached hydrogens (tertiary/aromatic N) is 2. The Balaban J connectivity index is 0.00000261. The van der Waals surface area contributed by atoms with Crippen LogP contribution >= 0.6 is 49.0 Å². The molecule has 8 nitrogen and oxygen atoms in total. The van der Waals surface area contributed by atoms with E-state index in [-0.39, 0.29) is 78.0 Å². The number of halogens is 3. The minimum absolute atomic E-state index is 0. The Morgan fingerprint density at radius 3 is 2.34 bits per heavy atom. The fourth-order valence-corrected chi connectivity index (χ4v) is 5.63. The van der Waals surface area contributed by atoms with Crippen molar-refractivity contribution in [2.75, 3.05) is 20.6 Å². The molecule has 2 saturated heterocycles. The van der Waals surface area contributed by atoms with E-state index in [4.69, 9.17) is 0 Å². The average molecular weight is 493 g/mol. The lowest BCUT2D eigenvalue weighted by Gasteiger charge is -2.46. The molecule has 168 valence electrons. The predicted molar refractivity (Wildman–Crippen MR) is 118 cm³/mol. The molecular weight excluding hydrogens is 465 g/mol. The Hall–Kier alpha value is -0.710. The van der Waals surface area contributed by atoms with Crippen LogP contribution in [0.25, 0.3) is 0 Å². The van der Waals surface area contributed by atoms with Crippen molar-refractivity contribution in [2.45, 2.75) is 43.7 Å². The molecular formula is C17H28Cl3N3O5S. The van der Waals surface area contributed by atoms with Crippen LogP contribution in [0.4, 0.5) is 0 Å². The van der Waals surface area contributed by atoms with Crippen LogP contribution in [-0.2, 0) is 14.4 Å². The first-order valence-corrected chi connectivity index (χ1v) is 9.62. The molecule has 6 atom stereocenters. The fourth-order valence-electron chi connectivity index (χ4n) is 4.15. The Bertz CT molecular complexity index is 691. The number of amides is 2. The van der Waals surface area contributed by atoms with Crippen LogP contribution < -0.4 is 5.32 Å². The Kier molecular flexibility index (Phi) is 10.3. The lowest BCUT2D eigenvalue weighted by molar-refractivity contribution is -0.163. The average Bonchev–Trinajstić information content (AvgIpc) is 3.09. The summed E-state index contributed by atoms with van der Waals surface area (Å²) < 4.78 is 0. The highest BCUT2D eigenvalue weighted by Gasteiger charge is 2.60. The van der Waals surface area contributed by atoms with Gasteiger partial charge in [0.15, 0.2) is 0 Å². The van der Waals surface area contributed by atoms with Crippen molar-refractivity contribution in [1.82, 2.24) is 15.1 Å². The van der Waals surface area contributed by atoms with E-state index in [9.17, 15) is 24.6 Å². The van der Waals surface area contributed by atoms with Gasteiger partial charge >= 0.3 is 5.97 Å². The second kappa shape index (κ2) is 10.5. The van der Waals surface area contributed by atoms with Crippen LogP contribution in [0.2, 0.25) is 0 Å². The minimum Gasteiger partial charge on any atom is -0.477 e. The second-order valence-electron chi connectivity index (χ2n) is 7.44. The van der Waals surface area contributed by atoms with E-state index in [1.54, 1.807) is 25.9 Å². The van der Waals surface area contributed by atoms with Crippen molar-refractivity contribution in [3.8, 4) is 0 Å². The van der Waals surface area contributed by atoms with Gasteiger partial charge in [0, 0.05) is 36.7 Å². The number of carboxylic acid groups (broad SMARTS) is 1. The number of carbonyl (C=O) groups excluding carboxylic acids is 2. The number of carboxylic acids is 1. The number of hydrogen-bond acceptors (Lipinski definition) is 6. The summed E-state index contributed by atoms with van der Waals surface area (Å²) in [6.45, 7) is 4.08. The molecule has 3 aliphatic heterocycles. The number of fused-ring (bicyclic) bond motifs is 1. The Labute approximate surface area is 193 Å². The van der Waals surface area contributed by atoms with Crippen molar-refractivity contribution < 1.29 is 24.6 Å². The minimum atomic E-state index is -1.12. The highest BCUT2D eigenvalue weighted by atomic mass is 35.5. The van der Waals surface area contributed by atoms with Crippen LogP contribution in [0.1, 0.15) is 20.3 Å². The topological polar surface area (TPSA) is 110 Å².